The molecule has 1 aliphatic rings. The zero-order chi connectivity index (χ0) is 15.5. The van der Waals surface area contributed by atoms with Crippen molar-refractivity contribution in [2.75, 3.05) is 13.2 Å². The van der Waals surface area contributed by atoms with Gasteiger partial charge in [0.25, 0.3) is 0 Å². The summed E-state index contributed by atoms with van der Waals surface area (Å²) in [4.78, 5) is 12.0. The quantitative estimate of drug-likeness (QED) is 0.671. The number of aromatic hydroxyl groups is 1. The van der Waals surface area contributed by atoms with Gasteiger partial charge in [0.05, 0.1) is 6.04 Å². The number of phenolic OH excluding ortho intramolecular Hbond substituents is 1. The minimum atomic E-state index is -0.206. The normalized spacial score (nSPS) is 17.4. The third kappa shape index (κ3) is 3.88. The predicted molar refractivity (Wildman–Crippen MR) is 81.2 cm³/mol. The van der Waals surface area contributed by atoms with Crippen molar-refractivity contribution >= 4 is 6.03 Å². The van der Waals surface area contributed by atoms with Gasteiger partial charge >= 0.3 is 6.03 Å². The Morgan fingerprint density at radius 2 is 2.19 bits per heavy atom. The lowest BCUT2D eigenvalue weighted by Crippen LogP contribution is -2.42. The Morgan fingerprint density at radius 1 is 1.43 bits per heavy atom. The first-order valence-corrected chi connectivity index (χ1v) is 7.39. The molecule has 1 aliphatic carbocycles. The number of amides is 2. The van der Waals surface area contributed by atoms with Crippen LogP contribution in [0.5, 0.6) is 5.75 Å². The van der Waals surface area contributed by atoms with E-state index in [-0.39, 0.29) is 24.1 Å². The van der Waals surface area contributed by atoms with Crippen LogP contribution in [0.4, 0.5) is 4.79 Å². The van der Waals surface area contributed by atoms with Gasteiger partial charge in [-0.2, -0.15) is 0 Å². The van der Waals surface area contributed by atoms with Crippen LogP contribution in [0.1, 0.15) is 43.9 Å². The lowest BCUT2D eigenvalue weighted by atomic mass is 9.90. The number of aliphatic hydroxyl groups is 1. The van der Waals surface area contributed by atoms with E-state index < -0.39 is 0 Å². The van der Waals surface area contributed by atoms with E-state index in [2.05, 4.69) is 10.6 Å². The molecule has 1 aromatic rings. The largest absolute Gasteiger partial charge is 0.508 e. The van der Waals surface area contributed by atoms with Gasteiger partial charge in [-0.05, 0) is 41.9 Å². The van der Waals surface area contributed by atoms with E-state index >= 15 is 0 Å². The highest BCUT2D eigenvalue weighted by atomic mass is 16.3. The molecule has 21 heavy (non-hydrogen) atoms. The first-order valence-electron chi connectivity index (χ1n) is 7.39. The van der Waals surface area contributed by atoms with E-state index in [1.165, 1.54) is 0 Å². The van der Waals surface area contributed by atoms with E-state index in [1.807, 2.05) is 19.9 Å². The minimum Gasteiger partial charge on any atom is -0.508 e. The molecule has 0 heterocycles. The second kappa shape index (κ2) is 6.35. The SMILES string of the molecule is CC(C)(CCO)CNC(=O)NC1CCc2c(O)cccc21. The second-order valence-electron chi connectivity index (χ2n) is 6.40. The molecule has 0 bridgehead atoms. The summed E-state index contributed by atoms with van der Waals surface area (Å²) in [6.07, 6.45) is 2.23. The molecule has 0 fully saturated rings. The van der Waals surface area contributed by atoms with Gasteiger partial charge in [0, 0.05) is 13.2 Å². The fourth-order valence-electron chi connectivity index (χ4n) is 2.70. The number of nitrogens with one attached hydrogen (secondary N) is 2. The molecule has 0 saturated carbocycles. The standard InChI is InChI=1S/C16H24N2O3/c1-16(2,8-9-19)10-17-15(21)18-13-7-6-12-11(13)4-3-5-14(12)20/h3-5,13,19-20H,6-10H2,1-2H3,(H2,17,18,21). The van der Waals surface area contributed by atoms with Crippen molar-refractivity contribution in [1.29, 1.82) is 0 Å². The Balaban J connectivity index is 1.90. The number of carbonyl (C=O) groups is 1. The van der Waals surface area contributed by atoms with Crippen molar-refractivity contribution in [3.8, 4) is 5.75 Å². The number of aliphatic hydroxyl groups excluding tert-OH is 1. The number of hydrogen-bond acceptors (Lipinski definition) is 3. The number of benzene rings is 1. The third-order valence-electron chi connectivity index (χ3n) is 4.07. The fourth-order valence-corrected chi connectivity index (χ4v) is 2.70. The number of fused-ring (bicyclic) bond motifs is 1. The monoisotopic (exact) mass is 292 g/mol. The molecule has 2 amide bonds. The Kier molecular flexibility index (Phi) is 4.73. The second-order valence-corrected chi connectivity index (χ2v) is 6.40. The van der Waals surface area contributed by atoms with E-state index in [4.69, 9.17) is 5.11 Å². The lowest BCUT2D eigenvalue weighted by Gasteiger charge is -2.24. The van der Waals surface area contributed by atoms with Gasteiger partial charge in [0.1, 0.15) is 5.75 Å². The van der Waals surface area contributed by atoms with Crippen molar-refractivity contribution in [2.24, 2.45) is 5.41 Å². The summed E-state index contributed by atoms with van der Waals surface area (Å²) < 4.78 is 0. The van der Waals surface area contributed by atoms with E-state index in [1.54, 1.807) is 12.1 Å². The highest BCUT2D eigenvalue weighted by Crippen LogP contribution is 2.36. The average Bonchev–Trinajstić information content (AvgIpc) is 2.81. The first kappa shape index (κ1) is 15.6. The molecule has 0 aliphatic heterocycles. The maximum absolute atomic E-state index is 12.0. The van der Waals surface area contributed by atoms with Crippen molar-refractivity contribution in [2.45, 2.75) is 39.2 Å². The molecule has 0 aromatic heterocycles. The Bertz CT molecular complexity index is 514. The predicted octanol–water partition coefficient (Wildman–Crippen LogP) is 2.09. The zero-order valence-electron chi connectivity index (χ0n) is 12.6. The van der Waals surface area contributed by atoms with Gasteiger partial charge in [-0.1, -0.05) is 26.0 Å². The summed E-state index contributed by atoms with van der Waals surface area (Å²) in [5.74, 6) is 0.307. The molecular formula is C16H24N2O3. The van der Waals surface area contributed by atoms with Crippen molar-refractivity contribution in [1.82, 2.24) is 10.6 Å². The van der Waals surface area contributed by atoms with Crippen LogP contribution in [0.3, 0.4) is 0 Å². The summed E-state index contributed by atoms with van der Waals surface area (Å²) >= 11 is 0. The van der Waals surface area contributed by atoms with E-state index in [0.29, 0.717) is 18.7 Å². The molecule has 1 unspecified atom stereocenters. The molecule has 5 nitrogen and oxygen atoms in total. The summed E-state index contributed by atoms with van der Waals surface area (Å²) in [6.45, 7) is 4.64. The first-order chi connectivity index (χ1) is 9.93. The third-order valence-corrected chi connectivity index (χ3v) is 4.07. The van der Waals surface area contributed by atoms with Gasteiger partial charge in [0.15, 0.2) is 0 Å². The lowest BCUT2D eigenvalue weighted by molar-refractivity contribution is 0.200. The molecule has 116 valence electrons. The number of carbonyl (C=O) groups excluding carboxylic acids is 1. The summed E-state index contributed by atoms with van der Waals surface area (Å²) in [7, 11) is 0. The molecule has 5 heteroatoms. The van der Waals surface area contributed by atoms with Crippen LogP contribution >= 0.6 is 0 Å². The molecule has 0 saturated heterocycles. The number of urea groups is 1. The number of hydrogen-bond donors (Lipinski definition) is 4. The molecule has 4 N–H and O–H groups in total. The summed E-state index contributed by atoms with van der Waals surface area (Å²) in [5.41, 5.74) is 1.81. The van der Waals surface area contributed by atoms with Gasteiger partial charge < -0.3 is 20.8 Å². The molecule has 0 radical (unpaired) electrons. The maximum Gasteiger partial charge on any atom is 0.315 e. The van der Waals surface area contributed by atoms with E-state index in [9.17, 15) is 9.90 Å². The van der Waals surface area contributed by atoms with Crippen LogP contribution < -0.4 is 10.6 Å². The Morgan fingerprint density at radius 3 is 2.90 bits per heavy atom. The van der Waals surface area contributed by atoms with Crippen LogP contribution in [0.25, 0.3) is 0 Å². The maximum atomic E-state index is 12.0. The van der Waals surface area contributed by atoms with Gasteiger partial charge in [0.2, 0.25) is 0 Å². The zero-order valence-corrected chi connectivity index (χ0v) is 12.6. The number of rotatable bonds is 5. The van der Waals surface area contributed by atoms with Crippen LogP contribution in [0.15, 0.2) is 18.2 Å². The molecule has 2 rings (SSSR count). The van der Waals surface area contributed by atoms with E-state index in [0.717, 1.165) is 24.0 Å². The molecule has 1 atom stereocenters. The number of phenols is 1. The summed E-state index contributed by atoms with van der Waals surface area (Å²) in [6, 6.07) is 5.17. The smallest absolute Gasteiger partial charge is 0.315 e. The minimum absolute atomic E-state index is 0.0481. The molecule has 0 spiro atoms. The highest BCUT2D eigenvalue weighted by Gasteiger charge is 2.26. The van der Waals surface area contributed by atoms with Crippen LogP contribution in [-0.2, 0) is 6.42 Å². The molecule has 1 aromatic carbocycles. The van der Waals surface area contributed by atoms with Crippen molar-refractivity contribution in [3.63, 3.8) is 0 Å². The van der Waals surface area contributed by atoms with Crippen LogP contribution in [0, 0.1) is 5.41 Å². The topological polar surface area (TPSA) is 81.6 Å². The van der Waals surface area contributed by atoms with Crippen molar-refractivity contribution in [3.05, 3.63) is 29.3 Å². The van der Waals surface area contributed by atoms with Crippen LogP contribution in [0.2, 0.25) is 0 Å². The Hall–Kier alpha value is -1.75. The van der Waals surface area contributed by atoms with Gasteiger partial charge in [-0.3, -0.25) is 0 Å². The van der Waals surface area contributed by atoms with Gasteiger partial charge in [-0.15, -0.1) is 0 Å². The summed E-state index contributed by atoms with van der Waals surface area (Å²) in [5, 5.41) is 24.6. The molecular weight excluding hydrogens is 268 g/mol. The van der Waals surface area contributed by atoms with Gasteiger partial charge in [-0.25, -0.2) is 4.79 Å². The van der Waals surface area contributed by atoms with Crippen LogP contribution in [-0.4, -0.2) is 29.4 Å². The highest BCUT2D eigenvalue weighted by molar-refractivity contribution is 5.74. The Labute approximate surface area is 125 Å². The average molecular weight is 292 g/mol. The fraction of sp³-hybridized carbons (Fsp3) is 0.562. The van der Waals surface area contributed by atoms with Crippen molar-refractivity contribution < 1.29 is 15.0 Å².